The largest absolute Gasteiger partial charge is 0.352 e. The molecule has 1 aromatic carbocycles. The van der Waals surface area contributed by atoms with Gasteiger partial charge in [-0.1, -0.05) is 34.8 Å². The van der Waals surface area contributed by atoms with Gasteiger partial charge in [0.15, 0.2) is 10.3 Å². The Morgan fingerprint density at radius 2 is 2.08 bits per heavy atom. The molecule has 2 aromatic heterocycles. The predicted octanol–water partition coefficient (Wildman–Crippen LogP) is 3.16. The van der Waals surface area contributed by atoms with Gasteiger partial charge in [0.2, 0.25) is 0 Å². The fourth-order valence-electron chi connectivity index (χ4n) is 2.29. The molecule has 0 saturated carbocycles. The SMILES string of the molecule is CCN(CC)c1ncc(/C=N\NC(=O)CNc2nc3ccccc3s2)s1. The monoisotopic (exact) mass is 388 g/mol. The molecule has 0 unspecified atom stereocenters. The molecule has 2 heterocycles. The van der Waals surface area contributed by atoms with Crippen LogP contribution in [0.3, 0.4) is 0 Å². The molecular weight excluding hydrogens is 368 g/mol. The minimum absolute atomic E-state index is 0.116. The molecule has 0 aliphatic rings. The number of thiazole rings is 2. The maximum atomic E-state index is 11.9. The van der Waals surface area contributed by atoms with E-state index >= 15 is 0 Å². The highest BCUT2D eigenvalue weighted by molar-refractivity contribution is 7.22. The zero-order valence-electron chi connectivity index (χ0n) is 14.6. The average Bonchev–Trinajstić information content (AvgIpc) is 3.28. The number of para-hydroxylation sites is 1. The van der Waals surface area contributed by atoms with E-state index in [1.807, 2.05) is 24.3 Å². The predicted molar refractivity (Wildman–Crippen MR) is 110 cm³/mol. The Morgan fingerprint density at radius 1 is 1.27 bits per heavy atom. The van der Waals surface area contributed by atoms with Gasteiger partial charge in [-0.25, -0.2) is 15.4 Å². The van der Waals surface area contributed by atoms with E-state index in [1.165, 1.54) is 11.3 Å². The third-order valence-electron chi connectivity index (χ3n) is 3.62. The molecule has 7 nitrogen and oxygen atoms in total. The molecule has 9 heteroatoms. The lowest BCUT2D eigenvalue weighted by molar-refractivity contribution is -0.119. The van der Waals surface area contributed by atoms with Gasteiger partial charge in [0.25, 0.3) is 5.91 Å². The van der Waals surface area contributed by atoms with Crippen LogP contribution in [0, 0.1) is 0 Å². The fraction of sp³-hybridized carbons (Fsp3) is 0.294. The zero-order chi connectivity index (χ0) is 18.4. The van der Waals surface area contributed by atoms with E-state index in [1.54, 1.807) is 23.7 Å². The molecule has 1 amide bonds. The van der Waals surface area contributed by atoms with E-state index in [2.05, 4.69) is 44.6 Å². The number of carbonyl (C=O) groups is 1. The number of fused-ring (bicyclic) bond motifs is 1. The summed E-state index contributed by atoms with van der Waals surface area (Å²) in [6.07, 6.45) is 3.37. The van der Waals surface area contributed by atoms with Gasteiger partial charge in [-0.3, -0.25) is 4.79 Å². The van der Waals surface area contributed by atoms with E-state index in [-0.39, 0.29) is 12.5 Å². The summed E-state index contributed by atoms with van der Waals surface area (Å²) in [6.45, 7) is 6.13. The first-order valence-electron chi connectivity index (χ1n) is 8.31. The minimum Gasteiger partial charge on any atom is -0.352 e. The van der Waals surface area contributed by atoms with Crippen molar-refractivity contribution < 1.29 is 4.79 Å². The van der Waals surface area contributed by atoms with Crippen molar-refractivity contribution in [2.75, 3.05) is 29.9 Å². The quantitative estimate of drug-likeness (QED) is 0.457. The van der Waals surface area contributed by atoms with Crippen molar-refractivity contribution in [3.63, 3.8) is 0 Å². The molecule has 0 aliphatic heterocycles. The summed E-state index contributed by atoms with van der Waals surface area (Å²) >= 11 is 3.06. The molecule has 0 bridgehead atoms. The molecule has 0 fully saturated rings. The molecule has 2 N–H and O–H groups in total. The number of carbonyl (C=O) groups excluding carboxylic acids is 1. The van der Waals surface area contributed by atoms with Gasteiger partial charge in [-0.15, -0.1) is 0 Å². The number of nitrogens with zero attached hydrogens (tertiary/aromatic N) is 4. The van der Waals surface area contributed by atoms with Crippen molar-refractivity contribution in [3.05, 3.63) is 35.3 Å². The number of rotatable bonds is 8. The molecule has 0 spiro atoms. The molecule has 0 aliphatic carbocycles. The Kier molecular flexibility index (Phi) is 6.13. The molecular formula is C17H20N6OS2. The van der Waals surface area contributed by atoms with Crippen LogP contribution in [0.2, 0.25) is 0 Å². The van der Waals surface area contributed by atoms with Gasteiger partial charge in [0.05, 0.1) is 27.9 Å². The van der Waals surface area contributed by atoms with Crippen molar-refractivity contribution in [3.8, 4) is 0 Å². The van der Waals surface area contributed by atoms with E-state index in [4.69, 9.17) is 0 Å². The lowest BCUT2D eigenvalue weighted by Crippen LogP contribution is -2.25. The Hall–Kier alpha value is -2.52. The first-order chi connectivity index (χ1) is 12.7. The molecule has 136 valence electrons. The van der Waals surface area contributed by atoms with Crippen LogP contribution >= 0.6 is 22.7 Å². The van der Waals surface area contributed by atoms with Crippen LogP contribution in [-0.2, 0) is 4.79 Å². The number of amides is 1. The molecule has 3 rings (SSSR count). The summed E-state index contributed by atoms with van der Waals surface area (Å²) in [5.74, 6) is -0.228. The van der Waals surface area contributed by atoms with Crippen molar-refractivity contribution in [2.45, 2.75) is 13.8 Å². The van der Waals surface area contributed by atoms with Gasteiger partial charge in [-0.2, -0.15) is 5.10 Å². The maximum Gasteiger partial charge on any atom is 0.259 e. The second-order valence-corrected chi connectivity index (χ2v) is 7.42. The smallest absolute Gasteiger partial charge is 0.259 e. The van der Waals surface area contributed by atoms with Crippen molar-refractivity contribution in [1.29, 1.82) is 0 Å². The Balaban J connectivity index is 1.48. The van der Waals surface area contributed by atoms with E-state index in [9.17, 15) is 4.79 Å². The van der Waals surface area contributed by atoms with Crippen LogP contribution < -0.4 is 15.6 Å². The van der Waals surface area contributed by atoms with E-state index < -0.39 is 0 Å². The van der Waals surface area contributed by atoms with Crippen molar-refractivity contribution in [1.82, 2.24) is 15.4 Å². The van der Waals surface area contributed by atoms with Gasteiger partial charge in [-0.05, 0) is 26.0 Å². The second kappa shape index (κ2) is 8.72. The lowest BCUT2D eigenvalue weighted by atomic mass is 10.3. The Labute approximate surface area is 159 Å². The van der Waals surface area contributed by atoms with Crippen LogP contribution in [0.1, 0.15) is 18.7 Å². The van der Waals surface area contributed by atoms with E-state index in [0.29, 0.717) is 0 Å². The summed E-state index contributed by atoms with van der Waals surface area (Å²) in [4.78, 5) is 23.8. The maximum absolute atomic E-state index is 11.9. The number of benzene rings is 1. The van der Waals surface area contributed by atoms with Gasteiger partial charge in [0.1, 0.15) is 0 Å². The van der Waals surface area contributed by atoms with E-state index in [0.717, 1.165) is 38.4 Å². The first-order valence-corrected chi connectivity index (χ1v) is 9.95. The number of nitrogens with one attached hydrogen (secondary N) is 2. The summed E-state index contributed by atoms with van der Waals surface area (Å²) in [5, 5.41) is 8.69. The van der Waals surface area contributed by atoms with Crippen molar-refractivity contribution in [2.24, 2.45) is 5.10 Å². The van der Waals surface area contributed by atoms with Crippen LogP contribution in [0.4, 0.5) is 10.3 Å². The second-order valence-electron chi connectivity index (χ2n) is 5.35. The zero-order valence-corrected chi connectivity index (χ0v) is 16.2. The standard InChI is InChI=1S/C17H20N6OS2/c1-3-23(4-2)17-19-9-12(25-17)10-20-22-15(24)11-18-16-21-13-7-5-6-8-14(13)26-16/h5-10H,3-4,11H2,1-2H3,(H,18,21)(H,22,24)/b20-10-. The topological polar surface area (TPSA) is 82.5 Å². The molecule has 0 radical (unpaired) electrons. The number of anilines is 2. The average molecular weight is 389 g/mol. The number of hydrazone groups is 1. The van der Waals surface area contributed by atoms with Crippen LogP contribution in [0.15, 0.2) is 35.6 Å². The third-order valence-corrected chi connectivity index (χ3v) is 5.61. The molecule has 0 atom stereocenters. The molecule has 26 heavy (non-hydrogen) atoms. The number of hydrogen-bond donors (Lipinski definition) is 2. The van der Waals surface area contributed by atoms with Gasteiger partial charge >= 0.3 is 0 Å². The molecule has 0 saturated heterocycles. The fourth-order valence-corrected chi connectivity index (χ4v) is 4.06. The lowest BCUT2D eigenvalue weighted by Gasteiger charge is -2.16. The highest BCUT2D eigenvalue weighted by Crippen LogP contribution is 2.25. The van der Waals surface area contributed by atoms with Crippen LogP contribution in [0.25, 0.3) is 10.2 Å². The highest BCUT2D eigenvalue weighted by Gasteiger charge is 2.07. The summed E-state index contributed by atoms with van der Waals surface area (Å²) in [6, 6.07) is 7.86. The van der Waals surface area contributed by atoms with Gasteiger partial charge < -0.3 is 10.2 Å². The third kappa shape index (κ3) is 4.55. The minimum atomic E-state index is -0.228. The highest BCUT2D eigenvalue weighted by atomic mass is 32.1. The van der Waals surface area contributed by atoms with Crippen molar-refractivity contribution >= 4 is 55.3 Å². The Morgan fingerprint density at radius 3 is 2.85 bits per heavy atom. The number of aromatic nitrogens is 2. The Bertz CT molecular complexity index is 866. The van der Waals surface area contributed by atoms with Crippen LogP contribution in [0.5, 0.6) is 0 Å². The first kappa shape index (κ1) is 18.3. The summed E-state index contributed by atoms with van der Waals surface area (Å²) in [7, 11) is 0. The summed E-state index contributed by atoms with van der Waals surface area (Å²) < 4.78 is 1.09. The van der Waals surface area contributed by atoms with Crippen LogP contribution in [-0.4, -0.2) is 41.7 Å². The van der Waals surface area contributed by atoms with Gasteiger partial charge in [0, 0.05) is 19.3 Å². The number of hydrogen-bond acceptors (Lipinski definition) is 8. The summed E-state index contributed by atoms with van der Waals surface area (Å²) in [5.41, 5.74) is 3.44. The molecule has 3 aromatic rings. The normalized spacial score (nSPS) is 11.2.